The van der Waals surface area contributed by atoms with E-state index in [-0.39, 0.29) is 0 Å². The molecule has 114 valence electrons. The zero-order valence-corrected chi connectivity index (χ0v) is 15.1. The number of hydrogen-bond acceptors (Lipinski definition) is 2. The second-order valence-corrected chi connectivity index (χ2v) is 7.95. The van der Waals surface area contributed by atoms with Crippen LogP contribution in [0.2, 0.25) is 0 Å². The molecule has 0 fully saturated rings. The average molecular weight is 341 g/mol. The van der Waals surface area contributed by atoms with Crippen molar-refractivity contribution in [1.82, 2.24) is 10.3 Å². The molecular formula is C17H29BrN2. The summed E-state index contributed by atoms with van der Waals surface area (Å²) in [5, 5.41) is 3.61. The minimum atomic E-state index is 0.409. The lowest BCUT2D eigenvalue weighted by molar-refractivity contribution is 0.274. The van der Waals surface area contributed by atoms with E-state index in [9.17, 15) is 0 Å². The SMILES string of the molecule is CCNC(Cc1ccc(Br)cn1)CC(C)CC(C)(C)C. The molecule has 0 saturated heterocycles. The van der Waals surface area contributed by atoms with Crippen LogP contribution in [0.4, 0.5) is 0 Å². The van der Waals surface area contributed by atoms with E-state index in [1.54, 1.807) is 0 Å². The van der Waals surface area contributed by atoms with E-state index in [0.29, 0.717) is 11.5 Å². The van der Waals surface area contributed by atoms with E-state index in [1.165, 1.54) is 18.5 Å². The van der Waals surface area contributed by atoms with Crippen molar-refractivity contribution in [2.75, 3.05) is 6.54 Å². The molecule has 0 saturated carbocycles. The fourth-order valence-corrected chi connectivity index (χ4v) is 3.16. The van der Waals surface area contributed by atoms with Crippen LogP contribution in [0.3, 0.4) is 0 Å². The molecule has 2 nitrogen and oxygen atoms in total. The van der Waals surface area contributed by atoms with Crippen molar-refractivity contribution in [3.63, 3.8) is 0 Å². The van der Waals surface area contributed by atoms with Crippen LogP contribution < -0.4 is 5.32 Å². The van der Waals surface area contributed by atoms with Gasteiger partial charge in [-0.15, -0.1) is 0 Å². The monoisotopic (exact) mass is 340 g/mol. The summed E-state index contributed by atoms with van der Waals surface area (Å²) >= 11 is 3.44. The Morgan fingerprint density at radius 2 is 2.00 bits per heavy atom. The highest BCUT2D eigenvalue weighted by Crippen LogP contribution is 2.27. The Morgan fingerprint density at radius 1 is 1.30 bits per heavy atom. The number of hydrogen-bond donors (Lipinski definition) is 1. The fourth-order valence-electron chi connectivity index (χ4n) is 2.92. The van der Waals surface area contributed by atoms with Gasteiger partial charge in [-0.3, -0.25) is 4.98 Å². The minimum Gasteiger partial charge on any atom is -0.314 e. The van der Waals surface area contributed by atoms with Gasteiger partial charge in [0, 0.05) is 28.8 Å². The minimum absolute atomic E-state index is 0.409. The molecule has 0 aliphatic heterocycles. The quantitative estimate of drug-likeness (QED) is 0.768. The second kappa shape index (κ2) is 8.14. The summed E-state index contributed by atoms with van der Waals surface area (Å²) in [4.78, 5) is 4.50. The largest absolute Gasteiger partial charge is 0.314 e. The molecule has 0 aliphatic rings. The molecule has 0 aromatic carbocycles. The molecule has 0 amide bonds. The Labute approximate surface area is 132 Å². The van der Waals surface area contributed by atoms with Gasteiger partial charge >= 0.3 is 0 Å². The molecule has 0 radical (unpaired) electrons. The second-order valence-electron chi connectivity index (χ2n) is 7.03. The van der Waals surface area contributed by atoms with Gasteiger partial charge in [0.2, 0.25) is 0 Å². The zero-order valence-electron chi connectivity index (χ0n) is 13.5. The molecule has 0 spiro atoms. The summed E-state index contributed by atoms with van der Waals surface area (Å²) in [5.74, 6) is 0.731. The van der Waals surface area contributed by atoms with Gasteiger partial charge in [0.25, 0.3) is 0 Å². The number of halogens is 1. The Bertz CT molecular complexity index is 381. The van der Waals surface area contributed by atoms with Crippen LogP contribution in [0, 0.1) is 11.3 Å². The van der Waals surface area contributed by atoms with E-state index in [4.69, 9.17) is 0 Å². The molecule has 1 heterocycles. The summed E-state index contributed by atoms with van der Waals surface area (Å²) in [6.07, 6.45) is 5.37. The van der Waals surface area contributed by atoms with Crippen LogP contribution in [-0.2, 0) is 6.42 Å². The Morgan fingerprint density at radius 3 is 2.50 bits per heavy atom. The lowest BCUT2D eigenvalue weighted by Gasteiger charge is -2.27. The van der Waals surface area contributed by atoms with E-state index in [1.807, 2.05) is 6.20 Å². The van der Waals surface area contributed by atoms with Crippen molar-refractivity contribution in [1.29, 1.82) is 0 Å². The van der Waals surface area contributed by atoms with Gasteiger partial charge in [0.1, 0.15) is 0 Å². The third-order valence-electron chi connectivity index (χ3n) is 3.38. The predicted octanol–water partition coefficient (Wildman–Crippen LogP) is 4.83. The average Bonchev–Trinajstić information content (AvgIpc) is 2.30. The van der Waals surface area contributed by atoms with Crippen molar-refractivity contribution in [3.05, 3.63) is 28.5 Å². The third kappa shape index (κ3) is 7.39. The molecule has 1 aromatic rings. The van der Waals surface area contributed by atoms with Gasteiger partial charge in [-0.05, 0) is 58.8 Å². The molecule has 20 heavy (non-hydrogen) atoms. The van der Waals surface area contributed by atoms with Crippen molar-refractivity contribution < 1.29 is 0 Å². The lowest BCUT2D eigenvalue weighted by Crippen LogP contribution is -2.33. The maximum absolute atomic E-state index is 4.50. The van der Waals surface area contributed by atoms with Crippen LogP contribution in [-0.4, -0.2) is 17.6 Å². The zero-order chi connectivity index (χ0) is 15.2. The van der Waals surface area contributed by atoms with Gasteiger partial charge in [0.05, 0.1) is 0 Å². The third-order valence-corrected chi connectivity index (χ3v) is 3.85. The van der Waals surface area contributed by atoms with Crippen LogP contribution in [0.5, 0.6) is 0 Å². The van der Waals surface area contributed by atoms with E-state index >= 15 is 0 Å². The molecule has 1 aromatic heterocycles. The molecule has 1 rings (SSSR count). The van der Waals surface area contributed by atoms with Crippen molar-refractivity contribution in [3.8, 4) is 0 Å². The van der Waals surface area contributed by atoms with Gasteiger partial charge < -0.3 is 5.32 Å². The summed E-state index contributed by atoms with van der Waals surface area (Å²) in [7, 11) is 0. The van der Waals surface area contributed by atoms with Gasteiger partial charge in [-0.1, -0.05) is 34.6 Å². The number of pyridine rings is 1. The van der Waals surface area contributed by atoms with E-state index in [2.05, 4.69) is 73.0 Å². The molecule has 3 heteroatoms. The topological polar surface area (TPSA) is 24.9 Å². The number of rotatable bonds is 7. The smallest absolute Gasteiger partial charge is 0.0419 e. The van der Waals surface area contributed by atoms with Crippen molar-refractivity contribution in [2.24, 2.45) is 11.3 Å². The fraction of sp³-hybridized carbons (Fsp3) is 0.706. The molecule has 1 N–H and O–H groups in total. The summed E-state index contributed by atoms with van der Waals surface area (Å²) in [5.41, 5.74) is 1.58. The number of nitrogens with one attached hydrogen (secondary N) is 1. The lowest BCUT2D eigenvalue weighted by atomic mass is 9.82. The Balaban J connectivity index is 2.57. The van der Waals surface area contributed by atoms with Crippen LogP contribution in [0.1, 0.15) is 53.2 Å². The first-order chi connectivity index (χ1) is 9.30. The first-order valence-corrected chi connectivity index (χ1v) is 8.43. The standard InChI is InChI=1S/C17H29BrN2/c1-6-19-16(9-13(2)11-17(3,4)5)10-15-8-7-14(18)12-20-15/h7-8,12-13,16,19H,6,9-11H2,1-5H3. The van der Waals surface area contributed by atoms with Gasteiger partial charge in [-0.25, -0.2) is 0 Å². The Kier molecular flexibility index (Phi) is 7.18. The highest BCUT2D eigenvalue weighted by molar-refractivity contribution is 9.10. The molecule has 2 unspecified atom stereocenters. The van der Waals surface area contributed by atoms with Crippen LogP contribution in [0.15, 0.2) is 22.8 Å². The van der Waals surface area contributed by atoms with E-state index < -0.39 is 0 Å². The van der Waals surface area contributed by atoms with Crippen LogP contribution >= 0.6 is 15.9 Å². The normalized spacial score (nSPS) is 15.1. The predicted molar refractivity (Wildman–Crippen MR) is 91.0 cm³/mol. The Hall–Kier alpha value is -0.410. The van der Waals surface area contributed by atoms with Gasteiger partial charge in [0.15, 0.2) is 0 Å². The van der Waals surface area contributed by atoms with Gasteiger partial charge in [-0.2, -0.15) is 0 Å². The number of aromatic nitrogens is 1. The highest BCUT2D eigenvalue weighted by Gasteiger charge is 2.19. The first kappa shape index (κ1) is 17.6. The first-order valence-electron chi connectivity index (χ1n) is 7.64. The van der Waals surface area contributed by atoms with E-state index in [0.717, 1.165) is 23.4 Å². The maximum atomic E-state index is 4.50. The number of nitrogens with zero attached hydrogens (tertiary/aromatic N) is 1. The maximum Gasteiger partial charge on any atom is 0.0419 e. The molecular weight excluding hydrogens is 312 g/mol. The summed E-state index contributed by atoms with van der Waals surface area (Å²) < 4.78 is 1.04. The summed E-state index contributed by atoms with van der Waals surface area (Å²) in [6.45, 7) is 12.5. The molecule has 0 bridgehead atoms. The number of likely N-dealkylation sites (N-methyl/N-ethyl adjacent to an activating group) is 1. The molecule has 0 aliphatic carbocycles. The van der Waals surface area contributed by atoms with Crippen molar-refractivity contribution in [2.45, 2.75) is 59.9 Å². The summed E-state index contributed by atoms with van der Waals surface area (Å²) in [6, 6.07) is 4.71. The highest BCUT2D eigenvalue weighted by atomic mass is 79.9. The molecule has 2 atom stereocenters. The van der Waals surface area contributed by atoms with Crippen molar-refractivity contribution >= 4 is 15.9 Å². The van der Waals surface area contributed by atoms with Crippen LogP contribution in [0.25, 0.3) is 0 Å².